The quantitative estimate of drug-likeness (QED) is 0.693. The molecule has 3 saturated heterocycles. The Morgan fingerprint density at radius 3 is 2.46 bits per heavy atom. The van der Waals surface area contributed by atoms with Crippen LogP contribution in [0, 0.1) is 5.92 Å². The predicted octanol–water partition coefficient (Wildman–Crippen LogP) is 3.25. The summed E-state index contributed by atoms with van der Waals surface area (Å²) in [6, 6.07) is 16.7. The smallest absolute Gasteiger partial charge is 0.256 e. The van der Waals surface area contributed by atoms with Gasteiger partial charge in [0.25, 0.3) is 5.91 Å². The number of amides is 1. The fraction of sp³-hybridized carbons (Fsp3) is 0.391. The van der Waals surface area contributed by atoms with Gasteiger partial charge in [0.1, 0.15) is 5.82 Å². The molecule has 1 atom stereocenters. The summed E-state index contributed by atoms with van der Waals surface area (Å²) in [6.07, 6.45) is 2.45. The molecule has 3 fully saturated rings. The van der Waals surface area contributed by atoms with Crippen LogP contribution in [0.3, 0.4) is 0 Å². The van der Waals surface area contributed by atoms with Gasteiger partial charge < -0.3 is 14.4 Å². The number of benzene rings is 2. The van der Waals surface area contributed by atoms with E-state index in [2.05, 4.69) is 26.5 Å². The minimum Gasteiger partial charge on any atom is -0.332 e. The topological polar surface area (TPSA) is 41.4 Å². The van der Waals surface area contributed by atoms with E-state index in [1.807, 2.05) is 36.4 Å². The number of carbonyl (C=O) groups is 1. The van der Waals surface area contributed by atoms with Crippen molar-refractivity contribution in [2.24, 2.45) is 5.92 Å². The molecule has 0 N–H and O–H groups in total. The lowest BCUT2D eigenvalue weighted by Gasteiger charge is -2.48. The Morgan fingerprint density at radius 2 is 1.71 bits per heavy atom. The highest BCUT2D eigenvalue weighted by Crippen LogP contribution is 2.35. The highest BCUT2D eigenvalue weighted by atomic mass is 16.2. The Kier molecular flexibility index (Phi) is 3.60. The van der Waals surface area contributed by atoms with Gasteiger partial charge in [-0.05, 0) is 44.0 Å². The van der Waals surface area contributed by atoms with Gasteiger partial charge in [-0.2, -0.15) is 0 Å². The molecule has 4 aliphatic rings. The van der Waals surface area contributed by atoms with Crippen molar-refractivity contribution in [3.63, 3.8) is 0 Å². The molecule has 1 amide bonds. The molecule has 142 valence electrons. The zero-order valence-electron chi connectivity index (χ0n) is 15.9. The Hall–Kier alpha value is -2.66. The van der Waals surface area contributed by atoms with Gasteiger partial charge in [0.2, 0.25) is 0 Å². The average molecular weight is 372 g/mol. The largest absolute Gasteiger partial charge is 0.332 e. The maximum atomic E-state index is 13.6. The second-order valence-corrected chi connectivity index (χ2v) is 8.33. The van der Waals surface area contributed by atoms with E-state index in [9.17, 15) is 4.79 Å². The molecule has 0 spiro atoms. The van der Waals surface area contributed by atoms with E-state index in [0.29, 0.717) is 12.0 Å². The second kappa shape index (κ2) is 6.17. The van der Waals surface area contributed by atoms with E-state index in [-0.39, 0.29) is 5.91 Å². The molecule has 5 heteroatoms. The van der Waals surface area contributed by atoms with Crippen LogP contribution >= 0.6 is 0 Å². The lowest BCUT2D eigenvalue weighted by molar-refractivity contribution is 0.00728. The van der Waals surface area contributed by atoms with Crippen molar-refractivity contribution in [3.8, 4) is 11.4 Å². The van der Waals surface area contributed by atoms with E-state index in [1.54, 1.807) is 0 Å². The number of aromatic nitrogens is 2. The molecule has 28 heavy (non-hydrogen) atoms. The first kappa shape index (κ1) is 16.3. The Bertz CT molecular complexity index is 1050. The highest BCUT2D eigenvalue weighted by Gasteiger charge is 2.40. The van der Waals surface area contributed by atoms with E-state index in [0.717, 1.165) is 47.6 Å². The fourth-order valence-electron chi connectivity index (χ4n) is 5.45. The van der Waals surface area contributed by atoms with Crippen LogP contribution in [0.25, 0.3) is 22.4 Å². The number of imidazole rings is 1. The normalized spacial score (nSPS) is 26.6. The maximum Gasteiger partial charge on any atom is 0.256 e. The molecular weight excluding hydrogens is 348 g/mol. The van der Waals surface area contributed by atoms with Crippen molar-refractivity contribution in [3.05, 3.63) is 54.1 Å². The molecule has 5 nitrogen and oxygen atoms in total. The van der Waals surface area contributed by atoms with Crippen molar-refractivity contribution in [2.75, 3.05) is 26.2 Å². The van der Waals surface area contributed by atoms with Crippen LogP contribution in [0.5, 0.6) is 0 Å². The molecule has 0 radical (unpaired) electrons. The van der Waals surface area contributed by atoms with Crippen molar-refractivity contribution in [1.29, 1.82) is 0 Å². The van der Waals surface area contributed by atoms with E-state index in [4.69, 9.17) is 4.98 Å². The summed E-state index contributed by atoms with van der Waals surface area (Å²) in [7, 11) is 0. The SMILES string of the molecule is O=C1c2cccc3nc(-c4ccccc4)n(c23)CCN1[C@H]1CN2CCC1CC2. The number of fused-ring (bicyclic) bond motifs is 3. The first-order valence-corrected chi connectivity index (χ1v) is 10.4. The third kappa shape index (κ3) is 2.35. The molecule has 0 unspecified atom stereocenters. The van der Waals surface area contributed by atoms with Gasteiger partial charge in [0, 0.05) is 31.2 Å². The Balaban J connectivity index is 1.46. The van der Waals surface area contributed by atoms with Crippen LogP contribution in [0.15, 0.2) is 48.5 Å². The molecule has 2 aromatic carbocycles. The molecule has 2 bridgehead atoms. The number of hydrogen-bond donors (Lipinski definition) is 0. The standard InChI is InChI=1S/C23H24N4O/c28-23-18-7-4-8-19-21(18)27(22(24-19)17-5-2-1-3-6-17)14-13-26(23)20-15-25-11-9-16(20)10-12-25/h1-8,16,20H,9-15H2/t20-/m0/s1. The van der Waals surface area contributed by atoms with Gasteiger partial charge in [-0.1, -0.05) is 36.4 Å². The molecule has 3 aromatic rings. The van der Waals surface area contributed by atoms with Gasteiger partial charge in [0.15, 0.2) is 0 Å². The fourth-order valence-corrected chi connectivity index (χ4v) is 5.45. The molecule has 7 rings (SSSR count). The Labute approximate surface area is 164 Å². The second-order valence-electron chi connectivity index (χ2n) is 8.33. The number of hydrogen-bond acceptors (Lipinski definition) is 3. The van der Waals surface area contributed by atoms with Crippen LogP contribution in [-0.2, 0) is 6.54 Å². The molecule has 5 heterocycles. The summed E-state index contributed by atoms with van der Waals surface area (Å²) in [4.78, 5) is 23.2. The van der Waals surface area contributed by atoms with Crippen LogP contribution in [0.4, 0.5) is 0 Å². The molecule has 0 saturated carbocycles. The van der Waals surface area contributed by atoms with Gasteiger partial charge >= 0.3 is 0 Å². The highest BCUT2D eigenvalue weighted by molar-refractivity contribution is 6.06. The van der Waals surface area contributed by atoms with Crippen LogP contribution in [0.1, 0.15) is 23.2 Å². The molecule has 1 aromatic heterocycles. The summed E-state index contributed by atoms with van der Waals surface area (Å²) in [5.41, 5.74) is 3.82. The van der Waals surface area contributed by atoms with Crippen LogP contribution < -0.4 is 0 Å². The summed E-state index contributed by atoms with van der Waals surface area (Å²) < 4.78 is 2.26. The minimum atomic E-state index is 0.183. The summed E-state index contributed by atoms with van der Waals surface area (Å²) in [6.45, 7) is 4.98. The predicted molar refractivity (Wildman–Crippen MR) is 109 cm³/mol. The number of nitrogens with zero attached hydrogens (tertiary/aromatic N) is 4. The van der Waals surface area contributed by atoms with E-state index in [1.165, 1.54) is 25.9 Å². The number of piperidine rings is 3. The van der Waals surface area contributed by atoms with Gasteiger partial charge in [-0.3, -0.25) is 4.79 Å². The Morgan fingerprint density at radius 1 is 0.893 bits per heavy atom. The van der Waals surface area contributed by atoms with Crippen molar-refractivity contribution in [2.45, 2.75) is 25.4 Å². The first-order valence-electron chi connectivity index (χ1n) is 10.4. The van der Waals surface area contributed by atoms with Gasteiger partial charge in [-0.15, -0.1) is 0 Å². The summed E-state index contributed by atoms with van der Waals surface area (Å²) >= 11 is 0. The van der Waals surface area contributed by atoms with Crippen LogP contribution in [-0.4, -0.2) is 57.5 Å². The van der Waals surface area contributed by atoms with E-state index >= 15 is 0 Å². The number of carbonyl (C=O) groups excluding carboxylic acids is 1. The monoisotopic (exact) mass is 372 g/mol. The zero-order chi connectivity index (χ0) is 18.7. The lowest BCUT2D eigenvalue weighted by Crippen LogP contribution is -2.58. The zero-order valence-corrected chi connectivity index (χ0v) is 15.9. The van der Waals surface area contributed by atoms with Gasteiger partial charge in [-0.25, -0.2) is 4.98 Å². The number of rotatable bonds is 2. The summed E-state index contributed by atoms with van der Waals surface area (Å²) in [5.74, 6) is 1.80. The third-order valence-corrected chi connectivity index (χ3v) is 6.88. The van der Waals surface area contributed by atoms with Crippen LogP contribution in [0.2, 0.25) is 0 Å². The van der Waals surface area contributed by atoms with Gasteiger partial charge in [0.05, 0.1) is 16.6 Å². The summed E-state index contributed by atoms with van der Waals surface area (Å²) in [5, 5.41) is 0. The van der Waals surface area contributed by atoms with Crippen molar-refractivity contribution >= 4 is 16.9 Å². The maximum absolute atomic E-state index is 13.6. The lowest BCUT2D eigenvalue weighted by atomic mass is 9.83. The molecular formula is C23H24N4O. The van der Waals surface area contributed by atoms with Crippen molar-refractivity contribution < 1.29 is 4.79 Å². The average Bonchev–Trinajstić information content (AvgIpc) is 3.06. The minimum absolute atomic E-state index is 0.183. The molecule has 4 aliphatic heterocycles. The van der Waals surface area contributed by atoms with Crippen molar-refractivity contribution in [1.82, 2.24) is 19.4 Å². The molecule has 0 aliphatic carbocycles. The third-order valence-electron chi connectivity index (χ3n) is 6.88. The first-order chi connectivity index (χ1) is 13.8. The number of para-hydroxylation sites is 1. The van der Waals surface area contributed by atoms with E-state index < -0.39 is 0 Å².